The molecule has 1 aromatic rings. The van der Waals surface area contributed by atoms with Crippen LogP contribution in [0.15, 0.2) is 12.4 Å². The third kappa shape index (κ3) is 3.10. The fraction of sp³-hybridized carbons (Fsp3) is 0.733. The lowest BCUT2D eigenvalue weighted by atomic mass is 10.1. The number of hydrogen-bond acceptors (Lipinski definition) is 5. The average Bonchev–Trinajstić information content (AvgIpc) is 2.99. The molecule has 5 nitrogen and oxygen atoms in total. The first-order valence-corrected chi connectivity index (χ1v) is 7.81. The summed E-state index contributed by atoms with van der Waals surface area (Å²) in [5.41, 5.74) is 1.14. The van der Waals surface area contributed by atoms with Gasteiger partial charge >= 0.3 is 0 Å². The molecule has 1 atom stereocenters. The van der Waals surface area contributed by atoms with Gasteiger partial charge in [0, 0.05) is 43.6 Å². The second kappa shape index (κ2) is 6.50. The molecule has 0 radical (unpaired) electrons. The maximum absolute atomic E-state index is 4.52. The van der Waals surface area contributed by atoms with E-state index in [-0.39, 0.29) is 0 Å². The topological polar surface area (TPSA) is 44.3 Å². The minimum atomic E-state index is 0.705. The number of nitrogens with one attached hydrogen (secondary N) is 1. The molecular formula is C15H25N5. The second-order valence-corrected chi connectivity index (χ2v) is 5.91. The van der Waals surface area contributed by atoms with Gasteiger partial charge in [-0.1, -0.05) is 6.42 Å². The fourth-order valence-electron chi connectivity index (χ4n) is 3.31. The lowest BCUT2D eigenvalue weighted by Crippen LogP contribution is -2.41. The molecule has 1 aromatic heterocycles. The van der Waals surface area contributed by atoms with Crippen molar-refractivity contribution in [3.63, 3.8) is 0 Å². The molecule has 0 aromatic carbocycles. The monoisotopic (exact) mass is 275 g/mol. The molecule has 110 valence electrons. The highest BCUT2D eigenvalue weighted by Crippen LogP contribution is 2.22. The molecule has 2 aliphatic heterocycles. The summed E-state index contributed by atoms with van der Waals surface area (Å²) < 4.78 is 0. The van der Waals surface area contributed by atoms with E-state index in [0.29, 0.717) is 6.04 Å². The highest BCUT2D eigenvalue weighted by molar-refractivity contribution is 5.32. The number of nitrogens with zero attached hydrogens (tertiary/aromatic N) is 4. The summed E-state index contributed by atoms with van der Waals surface area (Å²) in [7, 11) is 1.94. The van der Waals surface area contributed by atoms with Crippen molar-refractivity contribution in [2.45, 2.75) is 38.3 Å². The van der Waals surface area contributed by atoms with Gasteiger partial charge < -0.3 is 10.2 Å². The summed E-state index contributed by atoms with van der Waals surface area (Å²) in [5.74, 6) is 0.893. The average molecular weight is 275 g/mol. The number of hydrogen-bond donors (Lipinski definition) is 1. The Labute approximate surface area is 121 Å². The second-order valence-electron chi connectivity index (χ2n) is 5.91. The molecule has 0 aliphatic carbocycles. The van der Waals surface area contributed by atoms with Crippen LogP contribution in [0.5, 0.6) is 0 Å². The molecule has 3 rings (SSSR count). The van der Waals surface area contributed by atoms with Crippen molar-refractivity contribution in [1.82, 2.24) is 20.2 Å². The standard InChI is InChI=1S/C15H25N5/c1-16-9-13-10-17-15(18-11-13)20-8-5-14(12-20)19-6-3-2-4-7-19/h10-11,14,16H,2-9,12H2,1H3. The van der Waals surface area contributed by atoms with E-state index in [2.05, 4.69) is 25.1 Å². The zero-order chi connectivity index (χ0) is 13.8. The number of aromatic nitrogens is 2. The fourth-order valence-corrected chi connectivity index (χ4v) is 3.31. The zero-order valence-corrected chi connectivity index (χ0v) is 12.4. The van der Waals surface area contributed by atoms with Gasteiger partial charge in [-0.3, -0.25) is 4.90 Å². The first-order valence-electron chi connectivity index (χ1n) is 7.81. The van der Waals surface area contributed by atoms with Crippen LogP contribution in [0, 0.1) is 0 Å². The first kappa shape index (κ1) is 13.8. The Balaban J connectivity index is 1.58. The van der Waals surface area contributed by atoms with E-state index in [1.54, 1.807) is 0 Å². The molecule has 1 unspecified atom stereocenters. The van der Waals surface area contributed by atoms with Crippen LogP contribution in [0.25, 0.3) is 0 Å². The van der Waals surface area contributed by atoms with E-state index in [1.807, 2.05) is 19.4 Å². The number of rotatable bonds is 4. The lowest BCUT2D eigenvalue weighted by molar-refractivity contribution is 0.174. The largest absolute Gasteiger partial charge is 0.339 e. The van der Waals surface area contributed by atoms with Gasteiger partial charge in [0.2, 0.25) is 5.95 Å². The van der Waals surface area contributed by atoms with Gasteiger partial charge in [-0.05, 0) is 39.4 Å². The van der Waals surface area contributed by atoms with Crippen LogP contribution in [0.2, 0.25) is 0 Å². The third-order valence-electron chi connectivity index (χ3n) is 4.43. The Morgan fingerprint density at radius 1 is 1.15 bits per heavy atom. The molecule has 0 saturated carbocycles. The number of anilines is 1. The van der Waals surface area contributed by atoms with E-state index in [1.165, 1.54) is 38.8 Å². The van der Waals surface area contributed by atoms with Crippen molar-refractivity contribution in [2.24, 2.45) is 0 Å². The number of piperidine rings is 1. The van der Waals surface area contributed by atoms with Gasteiger partial charge in [0.15, 0.2) is 0 Å². The molecular weight excluding hydrogens is 250 g/mol. The van der Waals surface area contributed by atoms with Crippen LogP contribution in [-0.2, 0) is 6.54 Å². The third-order valence-corrected chi connectivity index (χ3v) is 4.43. The van der Waals surface area contributed by atoms with E-state index in [0.717, 1.165) is 31.1 Å². The Morgan fingerprint density at radius 2 is 1.90 bits per heavy atom. The van der Waals surface area contributed by atoms with Crippen molar-refractivity contribution < 1.29 is 0 Å². The van der Waals surface area contributed by atoms with Gasteiger partial charge in [-0.2, -0.15) is 0 Å². The van der Waals surface area contributed by atoms with E-state index < -0.39 is 0 Å². The van der Waals surface area contributed by atoms with Crippen molar-refractivity contribution in [3.8, 4) is 0 Å². The highest BCUT2D eigenvalue weighted by atomic mass is 15.3. The van der Waals surface area contributed by atoms with Crippen LogP contribution < -0.4 is 10.2 Å². The molecule has 3 heterocycles. The molecule has 2 aliphatic rings. The maximum Gasteiger partial charge on any atom is 0.225 e. The zero-order valence-electron chi connectivity index (χ0n) is 12.4. The highest BCUT2D eigenvalue weighted by Gasteiger charge is 2.29. The molecule has 0 amide bonds. The molecule has 0 spiro atoms. The lowest BCUT2D eigenvalue weighted by Gasteiger charge is -2.32. The summed E-state index contributed by atoms with van der Waals surface area (Å²) in [6.45, 7) is 5.57. The van der Waals surface area contributed by atoms with E-state index >= 15 is 0 Å². The predicted octanol–water partition coefficient (Wildman–Crippen LogP) is 1.26. The Kier molecular flexibility index (Phi) is 4.47. The predicted molar refractivity (Wildman–Crippen MR) is 80.8 cm³/mol. The van der Waals surface area contributed by atoms with Gasteiger partial charge in [-0.15, -0.1) is 0 Å². The maximum atomic E-state index is 4.52. The summed E-state index contributed by atoms with van der Waals surface area (Å²) in [5, 5.41) is 3.12. The van der Waals surface area contributed by atoms with Crippen molar-refractivity contribution in [2.75, 3.05) is 38.1 Å². The minimum Gasteiger partial charge on any atom is -0.339 e. The summed E-state index contributed by atoms with van der Waals surface area (Å²) >= 11 is 0. The van der Waals surface area contributed by atoms with E-state index in [4.69, 9.17) is 0 Å². The van der Waals surface area contributed by atoms with Crippen LogP contribution in [-0.4, -0.2) is 54.1 Å². The summed E-state index contributed by atoms with van der Waals surface area (Å²) in [6.07, 6.45) is 9.27. The first-order chi connectivity index (χ1) is 9.86. The van der Waals surface area contributed by atoms with Gasteiger partial charge in [0.05, 0.1) is 0 Å². The summed E-state index contributed by atoms with van der Waals surface area (Å²) in [6, 6.07) is 0.705. The van der Waals surface area contributed by atoms with Crippen molar-refractivity contribution >= 4 is 5.95 Å². The normalized spacial score (nSPS) is 24.2. The van der Waals surface area contributed by atoms with Crippen LogP contribution in [0.4, 0.5) is 5.95 Å². The van der Waals surface area contributed by atoms with Crippen LogP contribution in [0.1, 0.15) is 31.2 Å². The minimum absolute atomic E-state index is 0.705. The van der Waals surface area contributed by atoms with Crippen LogP contribution in [0.3, 0.4) is 0 Å². The van der Waals surface area contributed by atoms with Crippen LogP contribution >= 0.6 is 0 Å². The molecule has 1 N–H and O–H groups in total. The summed E-state index contributed by atoms with van der Waals surface area (Å²) in [4.78, 5) is 14.0. The SMILES string of the molecule is CNCc1cnc(N2CCC(N3CCCCC3)C2)nc1. The van der Waals surface area contributed by atoms with Gasteiger partial charge in [0.1, 0.15) is 0 Å². The molecule has 5 heteroatoms. The molecule has 2 saturated heterocycles. The van der Waals surface area contributed by atoms with Crippen molar-refractivity contribution in [3.05, 3.63) is 18.0 Å². The van der Waals surface area contributed by atoms with E-state index in [9.17, 15) is 0 Å². The molecule has 0 bridgehead atoms. The Hall–Kier alpha value is -1.20. The quantitative estimate of drug-likeness (QED) is 0.896. The van der Waals surface area contributed by atoms with Gasteiger partial charge in [0.25, 0.3) is 0 Å². The Bertz CT molecular complexity index is 413. The molecule has 20 heavy (non-hydrogen) atoms. The number of likely N-dealkylation sites (tertiary alicyclic amines) is 1. The Morgan fingerprint density at radius 3 is 2.60 bits per heavy atom. The molecule has 2 fully saturated rings. The van der Waals surface area contributed by atoms with Crippen molar-refractivity contribution in [1.29, 1.82) is 0 Å². The smallest absolute Gasteiger partial charge is 0.225 e. The van der Waals surface area contributed by atoms with Gasteiger partial charge in [-0.25, -0.2) is 9.97 Å².